The Morgan fingerprint density at radius 3 is 1.95 bits per heavy atom. The minimum absolute atomic E-state index is 0.837. The lowest BCUT2D eigenvalue weighted by Gasteiger charge is -2.42. The molecule has 0 radical (unpaired) electrons. The molecule has 9 atom stereocenters. The molecule has 0 aromatic rings. The maximum Gasteiger partial charge on any atom is 0.115 e. The Bertz CT molecular complexity index is 302. The molecule has 1 fully saturated rings. The highest BCUT2D eigenvalue weighted by Gasteiger charge is 2.47. The van der Waals surface area contributed by atoms with Crippen LogP contribution in [0.15, 0.2) is 0 Å². The molecule has 9 nitrogen and oxygen atoms in total. The van der Waals surface area contributed by atoms with Gasteiger partial charge in [0.1, 0.15) is 48.8 Å². The summed E-state index contributed by atoms with van der Waals surface area (Å²) in [5.41, 5.74) is 0. The number of hydrogen-bond acceptors (Lipinski definition) is 9. The van der Waals surface area contributed by atoms with E-state index in [1.807, 2.05) is 0 Å². The Balaban J connectivity index is 2.77. The summed E-state index contributed by atoms with van der Waals surface area (Å²) in [5, 5.41) is 75.7. The van der Waals surface area contributed by atoms with Gasteiger partial charge in [-0.15, -0.1) is 0 Å². The van der Waals surface area contributed by atoms with Crippen molar-refractivity contribution in [3.63, 3.8) is 0 Å². The standard InChI is InChI=1S/C11H22O9/c1-3-5(14)7(16)9(18)11(20-3)10(19)8(17)6(15)4(13)2-12/h3-19H,2H2,1H3/t3-,4+,5-,6+,7+,8+,9+,10?,11?/m0/s1. The molecule has 2 unspecified atom stereocenters. The zero-order valence-electron chi connectivity index (χ0n) is 10.9. The Kier molecular flexibility index (Phi) is 6.25. The lowest BCUT2D eigenvalue weighted by molar-refractivity contribution is -0.255. The third-order valence-electron chi connectivity index (χ3n) is 3.51. The van der Waals surface area contributed by atoms with Gasteiger partial charge in [0.25, 0.3) is 0 Å². The summed E-state index contributed by atoms with van der Waals surface area (Å²) in [6.07, 6.45) is -14.4. The van der Waals surface area contributed by atoms with Crippen molar-refractivity contribution in [1.29, 1.82) is 0 Å². The molecule has 120 valence electrons. The van der Waals surface area contributed by atoms with Crippen LogP contribution in [0.25, 0.3) is 0 Å². The van der Waals surface area contributed by atoms with Gasteiger partial charge in [-0.05, 0) is 6.92 Å². The molecule has 0 aromatic heterocycles. The van der Waals surface area contributed by atoms with Crippen LogP contribution in [0.1, 0.15) is 6.92 Å². The van der Waals surface area contributed by atoms with Gasteiger partial charge >= 0.3 is 0 Å². The van der Waals surface area contributed by atoms with Gasteiger partial charge in [0, 0.05) is 0 Å². The molecule has 0 spiro atoms. The van der Waals surface area contributed by atoms with Gasteiger partial charge in [-0.25, -0.2) is 0 Å². The molecule has 1 rings (SSSR count). The van der Waals surface area contributed by atoms with Crippen LogP contribution >= 0.6 is 0 Å². The largest absolute Gasteiger partial charge is 0.394 e. The number of rotatable bonds is 5. The SMILES string of the molecule is C[C@@H]1OC(C(O)[C@H](O)[C@H](O)[C@H](O)CO)[C@H](O)[C@H](O)[C@H]1O. The molecule has 9 heteroatoms. The zero-order valence-corrected chi connectivity index (χ0v) is 10.9. The summed E-state index contributed by atoms with van der Waals surface area (Å²) in [6, 6.07) is 0. The normalized spacial score (nSPS) is 41.0. The van der Waals surface area contributed by atoms with E-state index in [4.69, 9.17) is 9.84 Å². The second-order valence-electron chi connectivity index (χ2n) is 5.00. The van der Waals surface area contributed by atoms with Crippen molar-refractivity contribution in [2.45, 2.75) is 61.9 Å². The van der Waals surface area contributed by atoms with Crippen LogP contribution in [-0.4, -0.2) is 102 Å². The first-order chi connectivity index (χ1) is 9.22. The molecule has 0 saturated carbocycles. The predicted molar refractivity (Wildman–Crippen MR) is 63.5 cm³/mol. The van der Waals surface area contributed by atoms with E-state index in [0.717, 1.165) is 0 Å². The molecule has 0 amide bonds. The number of hydrogen-bond donors (Lipinski definition) is 8. The third-order valence-corrected chi connectivity index (χ3v) is 3.51. The summed E-state index contributed by atoms with van der Waals surface area (Å²) in [5.74, 6) is 0. The first-order valence-corrected chi connectivity index (χ1v) is 6.25. The molecule has 0 aliphatic carbocycles. The van der Waals surface area contributed by atoms with E-state index in [0.29, 0.717) is 0 Å². The van der Waals surface area contributed by atoms with Crippen LogP contribution in [0.3, 0.4) is 0 Å². The smallest absolute Gasteiger partial charge is 0.115 e. The fourth-order valence-electron chi connectivity index (χ4n) is 2.10. The summed E-state index contributed by atoms with van der Waals surface area (Å²) < 4.78 is 5.10. The van der Waals surface area contributed by atoms with Crippen molar-refractivity contribution in [1.82, 2.24) is 0 Å². The van der Waals surface area contributed by atoms with E-state index >= 15 is 0 Å². The first kappa shape index (κ1) is 17.7. The average molecular weight is 298 g/mol. The van der Waals surface area contributed by atoms with Gasteiger partial charge < -0.3 is 45.6 Å². The number of aliphatic hydroxyl groups is 8. The molecule has 1 aliphatic heterocycles. The molecular formula is C11H22O9. The topological polar surface area (TPSA) is 171 Å². The van der Waals surface area contributed by atoms with Crippen molar-refractivity contribution < 1.29 is 45.6 Å². The predicted octanol–water partition coefficient (Wildman–Crippen LogP) is -4.71. The average Bonchev–Trinajstić information content (AvgIpc) is 2.45. The van der Waals surface area contributed by atoms with Crippen molar-refractivity contribution in [2.24, 2.45) is 0 Å². The van der Waals surface area contributed by atoms with E-state index in [2.05, 4.69) is 0 Å². The minimum atomic E-state index is -1.92. The van der Waals surface area contributed by atoms with E-state index < -0.39 is 61.5 Å². The summed E-state index contributed by atoms with van der Waals surface area (Å²) in [4.78, 5) is 0. The first-order valence-electron chi connectivity index (χ1n) is 6.25. The molecule has 0 bridgehead atoms. The van der Waals surface area contributed by atoms with Crippen LogP contribution in [-0.2, 0) is 4.74 Å². The van der Waals surface area contributed by atoms with Crippen molar-refractivity contribution in [2.75, 3.05) is 6.61 Å². The fourth-order valence-corrected chi connectivity index (χ4v) is 2.10. The molecule has 20 heavy (non-hydrogen) atoms. The highest BCUT2D eigenvalue weighted by Crippen LogP contribution is 2.25. The van der Waals surface area contributed by atoms with E-state index in [1.165, 1.54) is 6.92 Å². The lowest BCUT2D eigenvalue weighted by Crippen LogP contribution is -2.63. The van der Waals surface area contributed by atoms with E-state index in [-0.39, 0.29) is 0 Å². The monoisotopic (exact) mass is 298 g/mol. The Hall–Kier alpha value is -0.360. The van der Waals surface area contributed by atoms with Gasteiger partial charge in [-0.1, -0.05) is 0 Å². The van der Waals surface area contributed by atoms with Crippen LogP contribution in [0.4, 0.5) is 0 Å². The maximum atomic E-state index is 9.87. The summed E-state index contributed by atoms with van der Waals surface area (Å²) in [7, 11) is 0. The van der Waals surface area contributed by atoms with Crippen LogP contribution in [0.2, 0.25) is 0 Å². The van der Waals surface area contributed by atoms with Crippen molar-refractivity contribution >= 4 is 0 Å². The summed E-state index contributed by atoms with van der Waals surface area (Å²) >= 11 is 0. The maximum absolute atomic E-state index is 9.87. The highest BCUT2D eigenvalue weighted by molar-refractivity contribution is 4.97. The fraction of sp³-hybridized carbons (Fsp3) is 1.00. The second-order valence-corrected chi connectivity index (χ2v) is 5.00. The quantitative estimate of drug-likeness (QED) is 0.248. The van der Waals surface area contributed by atoms with Crippen LogP contribution in [0.5, 0.6) is 0 Å². The van der Waals surface area contributed by atoms with Crippen LogP contribution in [0, 0.1) is 0 Å². The van der Waals surface area contributed by atoms with Gasteiger partial charge in [-0.3, -0.25) is 0 Å². The molecule has 1 saturated heterocycles. The van der Waals surface area contributed by atoms with Gasteiger partial charge in [0.15, 0.2) is 0 Å². The minimum Gasteiger partial charge on any atom is -0.394 e. The van der Waals surface area contributed by atoms with Gasteiger partial charge in [-0.2, -0.15) is 0 Å². The molecule has 1 aliphatic rings. The lowest BCUT2D eigenvalue weighted by atomic mass is 9.89. The Morgan fingerprint density at radius 2 is 1.45 bits per heavy atom. The van der Waals surface area contributed by atoms with E-state index in [1.54, 1.807) is 0 Å². The molecule has 0 aromatic carbocycles. The van der Waals surface area contributed by atoms with Gasteiger partial charge in [0.2, 0.25) is 0 Å². The Labute approximate surface area is 115 Å². The third kappa shape index (κ3) is 3.45. The number of ether oxygens (including phenoxy) is 1. The molecule has 8 N–H and O–H groups in total. The molecular weight excluding hydrogens is 276 g/mol. The summed E-state index contributed by atoms with van der Waals surface area (Å²) in [6.45, 7) is 0.557. The molecule has 1 heterocycles. The van der Waals surface area contributed by atoms with E-state index in [9.17, 15) is 35.7 Å². The van der Waals surface area contributed by atoms with Gasteiger partial charge in [0.05, 0.1) is 12.7 Å². The highest BCUT2D eigenvalue weighted by atomic mass is 16.5. The Morgan fingerprint density at radius 1 is 0.900 bits per heavy atom. The number of aliphatic hydroxyl groups excluding tert-OH is 8. The van der Waals surface area contributed by atoms with Crippen molar-refractivity contribution in [3.8, 4) is 0 Å². The zero-order chi connectivity index (χ0) is 15.6. The van der Waals surface area contributed by atoms with Crippen molar-refractivity contribution in [3.05, 3.63) is 0 Å². The van der Waals surface area contributed by atoms with Crippen LogP contribution < -0.4 is 0 Å². The second kappa shape index (κ2) is 7.07.